The summed E-state index contributed by atoms with van der Waals surface area (Å²) in [5.41, 5.74) is 2.87. The van der Waals surface area contributed by atoms with Crippen molar-refractivity contribution in [3.05, 3.63) is 11.1 Å². The minimum absolute atomic E-state index is 0.0347. The van der Waals surface area contributed by atoms with Gasteiger partial charge in [-0.1, -0.05) is 11.1 Å². The third-order valence-electron chi connectivity index (χ3n) is 3.29. The van der Waals surface area contributed by atoms with Gasteiger partial charge in [0.05, 0.1) is 12.5 Å². The van der Waals surface area contributed by atoms with Crippen LogP contribution < -0.4 is 0 Å². The van der Waals surface area contributed by atoms with Crippen LogP contribution in [0.3, 0.4) is 0 Å². The van der Waals surface area contributed by atoms with Crippen molar-refractivity contribution < 1.29 is 9.53 Å². The zero-order chi connectivity index (χ0) is 9.42. The van der Waals surface area contributed by atoms with Crippen LogP contribution in [0.25, 0.3) is 0 Å². The lowest BCUT2D eigenvalue weighted by Gasteiger charge is -2.23. The highest BCUT2D eigenvalue weighted by Gasteiger charge is 2.39. The van der Waals surface area contributed by atoms with Crippen LogP contribution in [0, 0.1) is 11.8 Å². The van der Waals surface area contributed by atoms with E-state index < -0.39 is 0 Å². The maximum absolute atomic E-state index is 11.4. The van der Waals surface area contributed by atoms with Crippen molar-refractivity contribution in [3.8, 4) is 0 Å². The normalized spacial score (nSPS) is 32.8. The number of carbonyl (C=O) groups excluding carboxylic acids is 1. The van der Waals surface area contributed by atoms with Crippen LogP contribution in [0.2, 0.25) is 0 Å². The van der Waals surface area contributed by atoms with E-state index in [0.29, 0.717) is 12.5 Å². The Hall–Kier alpha value is -0.790. The Kier molecular flexibility index (Phi) is 2.14. The Labute approximate surface area is 79.0 Å². The van der Waals surface area contributed by atoms with Crippen molar-refractivity contribution >= 4 is 5.97 Å². The maximum Gasteiger partial charge on any atom is 0.309 e. The topological polar surface area (TPSA) is 26.3 Å². The summed E-state index contributed by atoms with van der Waals surface area (Å²) in [6.45, 7) is 4.91. The van der Waals surface area contributed by atoms with Crippen molar-refractivity contribution in [2.75, 3.05) is 6.61 Å². The van der Waals surface area contributed by atoms with Crippen molar-refractivity contribution in [3.63, 3.8) is 0 Å². The largest absolute Gasteiger partial charge is 0.465 e. The zero-order valence-corrected chi connectivity index (χ0v) is 8.30. The molecule has 1 aliphatic heterocycles. The molecule has 0 radical (unpaired) electrons. The fourth-order valence-corrected chi connectivity index (χ4v) is 2.38. The molecule has 2 atom stereocenters. The Morgan fingerprint density at radius 1 is 1.38 bits per heavy atom. The van der Waals surface area contributed by atoms with Gasteiger partial charge in [-0.3, -0.25) is 4.79 Å². The first-order chi connectivity index (χ1) is 6.18. The number of ether oxygens (including phenoxy) is 1. The third kappa shape index (κ3) is 1.50. The minimum Gasteiger partial charge on any atom is -0.465 e. The van der Waals surface area contributed by atoms with E-state index in [0.717, 1.165) is 19.3 Å². The van der Waals surface area contributed by atoms with Crippen LogP contribution in [-0.4, -0.2) is 12.6 Å². The number of carbonyl (C=O) groups is 1. The average Bonchev–Trinajstić information content (AvgIpc) is 2.49. The number of fused-ring (bicyclic) bond motifs is 1. The number of hydrogen-bond acceptors (Lipinski definition) is 2. The second-order valence-electron chi connectivity index (χ2n) is 4.33. The van der Waals surface area contributed by atoms with E-state index in [1.165, 1.54) is 11.1 Å². The molecule has 2 nitrogen and oxygen atoms in total. The van der Waals surface area contributed by atoms with E-state index in [1.54, 1.807) is 0 Å². The smallest absolute Gasteiger partial charge is 0.309 e. The first-order valence-corrected chi connectivity index (χ1v) is 5.00. The lowest BCUT2D eigenvalue weighted by molar-refractivity contribution is -0.155. The Balaban J connectivity index is 2.17. The van der Waals surface area contributed by atoms with Gasteiger partial charge in [-0.2, -0.15) is 0 Å². The quantitative estimate of drug-likeness (QED) is 0.422. The van der Waals surface area contributed by atoms with E-state index in [9.17, 15) is 4.79 Å². The van der Waals surface area contributed by atoms with Gasteiger partial charge >= 0.3 is 5.97 Å². The molecular formula is C11H16O2. The van der Waals surface area contributed by atoms with Crippen LogP contribution in [0.4, 0.5) is 0 Å². The van der Waals surface area contributed by atoms with Gasteiger partial charge in [0.15, 0.2) is 0 Å². The molecule has 72 valence electrons. The van der Waals surface area contributed by atoms with Crippen molar-refractivity contribution in [1.82, 2.24) is 0 Å². The fourth-order valence-electron chi connectivity index (χ4n) is 2.38. The van der Waals surface area contributed by atoms with Gasteiger partial charge in [-0.15, -0.1) is 0 Å². The molecule has 2 rings (SSSR count). The molecule has 0 amide bonds. The highest BCUT2D eigenvalue weighted by atomic mass is 16.5. The summed E-state index contributed by atoms with van der Waals surface area (Å²) in [5, 5.41) is 0. The lowest BCUT2D eigenvalue weighted by Crippen LogP contribution is -2.28. The minimum atomic E-state index is 0.0347. The van der Waals surface area contributed by atoms with E-state index in [2.05, 4.69) is 13.8 Å². The number of cyclic esters (lactones) is 1. The van der Waals surface area contributed by atoms with Crippen LogP contribution in [0.5, 0.6) is 0 Å². The Bertz CT molecular complexity index is 261. The first kappa shape index (κ1) is 8.79. The Morgan fingerprint density at radius 2 is 2.15 bits per heavy atom. The van der Waals surface area contributed by atoms with Gasteiger partial charge in [0.1, 0.15) is 0 Å². The van der Waals surface area contributed by atoms with E-state index in [1.807, 2.05) is 0 Å². The van der Waals surface area contributed by atoms with Crippen LogP contribution in [0.1, 0.15) is 33.1 Å². The van der Waals surface area contributed by atoms with Gasteiger partial charge in [-0.25, -0.2) is 0 Å². The highest BCUT2D eigenvalue weighted by molar-refractivity contribution is 5.74. The molecule has 0 aromatic heterocycles. The number of rotatable bonds is 0. The van der Waals surface area contributed by atoms with Gasteiger partial charge in [-0.05, 0) is 39.0 Å². The predicted molar refractivity (Wildman–Crippen MR) is 50.2 cm³/mol. The molecule has 1 heterocycles. The van der Waals surface area contributed by atoms with Crippen LogP contribution in [-0.2, 0) is 9.53 Å². The number of allylic oxidation sites excluding steroid dienone is 2. The summed E-state index contributed by atoms with van der Waals surface area (Å²) in [4.78, 5) is 11.4. The van der Waals surface area contributed by atoms with Crippen LogP contribution in [0.15, 0.2) is 11.1 Å². The summed E-state index contributed by atoms with van der Waals surface area (Å²) in [6.07, 6.45) is 3.14. The molecule has 1 saturated heterocycles. The maximum atomic E-state index is 11.4. The summed E-state index contributed by atoms with van der Waals surface area (Å²) in [6, 6.07) is 0. The molecular weight excluding hydrogens is 164 g/mol. The fraction of sp³-hybridized carbons (Fsp3) is 0.727. The molecule has 0 bridgehead atoms. The monoisotopic (exact) mass is 180 g/mol. The molecule has 0 unspecified atom stereocenters. The zero-order valence-electron chi connectivity index (χ0n) is 8.30. The van der Waals surface area contributed by atoms with E-state index in [-0.39, 0.29) is 11.9 Å². The summed E-state index contributed by atoms with van der Waals surface area (Å²) in [5.74, 6) is 0.789. The standard InChI is InChI=1S/C11H16O2/c1-7(2)9-5-8-3-4-13-11(12)10(8)6-9/h8,10H,3-6H2,1-2H3/t8-,10+/m0/s1. The Morgan fingerprint density at radius 3 is 2.77 bits per heavy atom. The summed E-state index contributed by atoms with van der Waals surface area (Å²) in [7, 11) is 0. The molecule has 0 spiro atoms. The molecule has 2 fully saturated rings. The molecule has 1 aliphatic carbocycles. The molecule has 1 saturated carbocycles. The van der Waals surface area contributed by atoms with Gasteiger partial charge < -0.3 is 4.74 Å². The van der Waals surface area contributed by atoms with Gasteiger partial charge in [0, 0.05) is 0 Å². The average molecular weight is 180 g/mol. The molecule has 0 aromatic carbocycles. The summed E-state index contributed by atoms with van der Waals surface area (Å²) < 4.78 is 5.06. The second-order valence-corrected chi connectivity index (χ2v) is 4.33. The second kappa shape index (κ2) is 3.17. The molecule has 2 heteroatoms. The van der Waals surface area contributed by atoms with Gasteiger partial charge in [0.25, 0.3) is 0 Å². The van der Waals surface area contributed by atoms with Crippen molar-refractivity contribution in [2.24, 2.45) is 11.8 Å². The molecule has 2 aliphatic rings. The molecule has 0 N–H and O–H groups in total. The van der Waals surface area contributed by atoms with Crippen LogP contribution >= 0.6 is 0 Å². The lowest BCUT2D eigenvalue weighted by atomic mass is 9.91. The predicted octanol–water partition coefficient (Wildman–Crippen LogP) is 2.30. The van der Waals surface area contributed by atoms with Crippen molar-refractivity contribution in [1.29, 1.82) is 0 Å². The molecule has 13 heavy (non-hydrogen) atoms. The van der Waals surface area contributed by atoms with Crippen molar-refractivity contribution in [2.45, 2.75) is 33.1 Å². The number of hydrogen-bond donors (Lipinski definition) is 0. The third-order valence-corrected chi connectivity index (χ3v) is 3.29. The summed E-state index contributed by atoms with van der Waals surface area (Å²) >= 11 is 0. The highest BCUT2D eigenvalue weighted by Crippen LogP contribution is 2.42. The van der Waals surface area contributed by atoms with E-state index in [4.69, 9.17) is 4.74 Å². The van der Waals surface area contributed by atoms with Gasteiger partial charge in [0.2, 0.25) is 0 Å². The first-order valence-electron chi connectivity index (χ1n) is 5.00. The van der Waals surface area contributed by atoms with E-state index >= 15 is 0 Å². The molecule has 0 aromatic rings. The SMILES string of the molecule is CC(C)=C1C[C@@H]2CCOC(=O)[C@@H]2C1. The number of esters is 1.